The SMILES string of the molecule is SCCC(S)CS. The van der Waals surface area contributed by atoms with Crippen LogP contribution in [-0.2, 0) is 0 Å². The first-order chi connectivity index (χ1) is 3.31. The van der Waals surface area contributed by atoms with E-state index in [1.165, 1.54) is 0 Å². The van der Waals surface area contributed by atoms with E-state index in [1.54, 1.807) is 0 Å². The smallest absolute Gasteiger partial charge is 0.0113 e. The van der Waals surface area contributed by atoms with Gasteiger partial charge in [0.15, 0.2) is 0 Å². The fraction of sp³-hybridized carbons (Fsp3) is 1.00. The van der Waals surface area contributed by atoms with Crippen molar-refractivity contribution in [2.45, 2.75) is 11.7 Å². The summed E-state index contributed by atoms with van der Waals surface area (Å²) < 4.78 is 0. The normalized spacial score (nSPS) is 14.1. The Labute approximate surface area is 61.3 Å². The van der Waals surface area contributed by atoms with E-state index in [-0.39, 0.29) is 0 Å². The van der Waals surface area contributed by atoms with Crippen molar-refractivity contribution in [1.29, 1.82) is 0 Å². The molecule has 0 aromatic rings. The van der Waals surface area contributed by atoms with Gasteiger partial charge in [0.25, 0.3) is 0 Å². The molecule has 0 saturated carbocycles. The lowest BCUT2D eigenvalue weighted by molar-refractivity contribution is 0.941. The maximum atomic E-state index is 4.18. The van der Waals surface area contributed by atoms with Gasteiger partial charge in [0.1, 0.15) is 0 Å². The number of hydrogen-bond donors (Lipinski definition) is 3. The van der Waals surface area contributed by atoms with Gasteiger partial charge in [-0.05, 0) is 12.2 Å². The molecule has 0 aliphatic rings. The maximum Gasteiger partial charge on any atom is 0.0113 e. The second-order valence-electron chi connectivity index (χ2n) is 1.35. The highest BCUT2D eigenvalue weighted by Gasteiger charge is 1.94. The van der Waals surface area contributed by atoms with E-state index in [1.807, 2.05) is 0 Å². The Balaban J connectivity index is 2.83. The minimum Gasteiger partial charge on any atom is -0.179 e. The quantitative estimate of drug-likeness (QED) is 0.505. The summed E-state index contributed by atoms with van der Waals surface area (Å²) in [6.07, 6.45) is 1.05. The summed E-state index contributed by atoms with van der Waals surface area (Å²) in [6, 6.07) is 0. The van der Waals surface area contributed by atoms with Crippen LogP contribution in [0.5, 0.6) is 0 Å². The van der Waals surface area contributed by atoms with Crippen molar-refractivity contribution in [2.24, 2.45) is 0 Å². The van der Waals surface area contributed by atoms with E-state index in [9.17, 15) is 0 Å². The zero-order valence-electron chi connectivity index (χ0n) is 4.04. The molecule has 0 aromatic heterocycles. The van der Waals surface area contributed by atoms with Gasteiger partial charge in [-0.1, -0.05) is 0 Å². The monoisotopic (exact) mass is 154 g/mol. The highest BCUT2D eigenvalue weighted by atomic mass is 32.1. The lowest BCUT2D eigenvalue weighted by Crippen LogP contribution is -1.99. The van der Waals surface area contributed by atoms with Crippen molar-refractivity contribution < 1.29 is 0 Å². The molecule has 0 heterocycles. The summed E-state index contributed by atoms with van der Waals surface area (Å²) in [7, 11) is 0. The molecule has 0 aliphatic heterocycles. The average Bonchev–Trinajstić information content (AvgIpc) is 1.68. The molecule has 1 atom stereocenters. The van der Waals surface area contributed by atoms with Crippen LogP contribution in [0.2, 0.25) is 0 Å². The largest absolute Gasteiger partial charge is 0.179 e. The summed E-state index contributed by atoms with van der Waals surface area (Å²) in [5.74, 6) is 1.76. The predicted molar refractivity (Wildman–Crippen MR) is 45.1 cm³/mol. The Morgan fingerprint density at radius 2 is 1.86 bits per heavy atom. The predicted octanol–water partition coefficient (Wildman–Crippen LogP) is 1.53. The van der Waals surface area contributed by atoms with Crippen molar-refractivity contribution >= 4 is 37.9 Å². The van der Waals surface area contributed by atoms with Gasteiger partial charge in [0.2, 0.25) is 0 Å². The van der Waals surface area contributed by atoms with Crippen molar-refractivity contribution in [3.8, 4) is 0 Å². The van der Waals surface area contributed by atoms with E-state index < -0.39 is 0 Å². The fourth-order valence-electron chi connectivity index (χ4n) is 0.240. The van der Waals surface area contributed by atoms with E-state index in [0.29, 0.717) is 5.25 Å². The molecule has 0 saturated heterocycles. The molecule has 0 spiro atoms. The van der Waals surface area contributed by atoms with Crippen LogP contribution in [-0.4, -0.2) is 16.8 Å². The van der Waals surface area contributed by atoms with Gasteiger partial charge in [-0.3, -0.25) is 0 Å². The van der Waals surface area contributed by atoms with E-state index in [0.717, 1.165) is 17.9 Å². The first-order valence-electron chi connectivity index (χ1n) is 2.21. The third kappa shape index (κ3) is 4.91. The van der Waals surface area contributed by atoms with Crippen LogP contribution in [0.15, 0.2) is 0 Å². The lowest BCUT2D eigenvalue weighted by atomic mass is 10.4. The molecule has 1 unspecified atom stereocenters. The van der Waals surface area contributed by atoms with Gasteiger partial charge < -0.3 is 0 Å². The number of hydrogen-bond acceptors (Lipinski definition) is 3. The standard InChI is InChI=1S/C4H10S3/c5-2-1-4(7)3-6/h4-7H,1-3H2. The summed E-state index contributed by atoms with van der Waals surface area (Å²) in [5, 5.41) is 0.431. The van der Waals surface area contributed by atoms with Gasteiger partial charge in [0.05, 0.1) is 0 Å². The van der Waals surface area contributed by atoms with Crippen LogP contribution in [0.25, 0.3) is 0 Å². The third-order valence-corrected chi connectivity index (χ3v) is 2.10. The minimum absolute atomic E-state index is 0.431. The molecule has 0 rings (SSSR count). The Bertz CT molecular complexity index is 37.9. The van der Waals surface area contributed by atoms with E-state index in [2.05, 4.69) is 37.9 Å². The fourth-order valence-corrected chi connectivity index (χ4v) is 1.07. The average molecular weight is 154 g/mol. The molecule has 0 N–H and O–H groups in total. The topological polar surface area (TPSA) is 0 Å². The van der Waals surface area contributed by atoms with Crippen LogP contribution < -0.4 is 0 Å². The molecule has 44 valence electrons. The summed E-state index contributed by atoms with van der Waals surface area (Å²) in [6.45, 7) is 0. The van der Waals surface area contributed by atoms with Gasteiger partial charge in [-0.25, -0.2) is 0 Å². The third-order valence-electron chi connectivity index (χ3n) is 0.673. The van der Waals surface area contributed by atoms with Crippen LogP contribution in [0.1, 0.15) is 6.42 Å². The first kappa shape index (κ1) is 8.05. The Hall–Kier alpha value is 1.05. The highest BCUT2D eigenvalue weighted by Crippen LogP contribution is 2.02. The molecule has 3 heteroatoms. The van der Waals surface area contributed by atoms with Crippen LogP contribution in [0.4, 0.5) is 0 Å². The lowest BCUT2D eigenvalue weighted by Gasteiger charge is -2.00. The molecular formula is C4H10S3. The molecule has 0 fully saturated rings. The molecule has 0 radical (unpaired) electrons. The maximum absolute atomic E-state index is 4.18. The summed E-state index contributed by atoms with van der Waals surface area (Å²) in [4.78, 5) is 0. The van der Waals surface area contributed by atoms with Crippen molar-refractivity contribution in [2.75, 3.05) is 11.5 Å². The van der Waals surface area contributed by atoms with Gasteiger partial charge in [-0.15, -0.1) is 0 Å². The molecule has 0 nitrogen and oxygen atoms in total. The molecule has 0 amide bonds. The van der Waals surface area contributed by atoms with Crippen molar-refractivity contribution in [3.05, 3.63) is 0 Å². The van der Waals surface area contributed by atoms with Gasteiger partial charge >= 0.3 is 0 Å². The molecule has 7 heavy (non-hydrogen) atoms. The molecular weight excluding hydrogens is 144 g/mol. The van der Waals surface area contributed by atoms with Crippen molar-refractivity contribution in [3.63, 3.8) is 0 Å². The summed E-state index contributed by atoms with van der Waals surface area (Å²) >= 11 is 12.3. The number of rotatable bonds is 3. The zero-order chi connectivity index (χ0) is 5.70. The van der Waals surface area contributed by atoms with Gasteiger partial charge in [-0.2, -0.15) is 37.9 Å². The molecule has 0 aromatic carbocycles. The van der Waals surface area contributed by atoms with E-state index in [4.69, 9.17) is 0 Å². The second kappa shape index (κ2) is 5.19. The van der Waals surface area contributed by atoms with Crippen LogP contribution in [0.3, 0.4) is 0 Å². The highest BCUT2D eigenvalue weighted by molar-refractivity contribution is 7.84. The Morgan fingerprint density at radius 1 is 1.29 bits per heavy atom. The Kier molecular flexibility index (Phi) is 5.97. The zero-order valence-corrected chi connectivity index (χ0v) is 6.72. The van der Waals surface area contributed by atoms with Crippen LogP contribution in [0, 0.1) is 0 Å². The van der Waals surface area contributed by atoms with Gasteiger partial charge in [0, 0.05) is 11.0 Å². The summed E-state index contributed by atoms with van der Waals surface area (Å²) in [5.41, 5.74) is 0. The van der Waals surface area contributed by atoms with E-state index >= 15 is 0 Å². The molecule has 0 bridgehead atoms. The molecule has 0 aliphatic carbocycles. The van der Waals surface area contributed by atoms with Crippen molar-refractivity contribution in [1.82, 2.24) is 0 Å². The van der Waals surface area contributed by atoms with Crippen LogP contribution >= 0.6 is 37.9 Å². The number of thiol groups is 3. The first-order valence-corrected chi connectivity index (χ1v) is 3.99. The minimum atomic E-state index is 0.431. The Morgan fingerprint density at radius 3 is 2.00 bits per heavy atom. The second-order valence-corrected chi connectivity index (χ2v) is 2.89.